The van der Waals surface area contributed by atoms with Gasteiger partial charge in [-0.15, -0.1) is 0 Å². The van der Waals surface area contributed by atoms with Gasteiger partial charge in [-0.05, 0) is 36.1 Å². The first-order chi connectivity index (χ1) is 14.9. The second kappa shape index (κ2) is 10.0. The van der Waals surface area contributed by atoms with Gasteiger partial charge in [-0.3, -0.25) is 24.1 Å². The molecule has 3 amide bonds. The first-order valence-electron chi connectivity index (χ1n) is 10.3. The number of benzene rings is 2. The monoisotopic (exact) mass is 422 g/mol. The van der Waals surface area contributed by atoms with Crippen molar-refractivity contribution in [3.05, 3.63) is 70.8 Å². The Labute approximate surface area is 181 Å². The SMILES string of the molecule is CCc1ccc(CN(C)C(=O)COC(=O)CCCN2C(=O)c3ccccc3C2=O)cc1. The van der Waals surface area contributed by atoms with E-state index in [-0.39, 0.29) is 43.7 Å². The van der Waals surface area contributed by atoms with Gasteiger partial charge in [0, 0.05) is 26.6 Å². The number of aryl methyl sites for hydroxylation is 1. The van der Waals surface area contributed by atoms with Crippen molar-refractivity contribution in [1.29, 1.82) is 0 Å². The smallest absolute Gasteiger partial charge is 0.306 e. The summed E-state index contributed by atoms with van der Waals surface area (Å²) in [5, 5.41) is 0. The van der Waals surface area contributed by atoms with Crippen molar-refractivity contribution in [3.8, 4) is 0 Å². The van der Waals surface area contributed by atoms with Crippen LogP contribution in [0.25, 0.3) is 0 Å². The average molecular weight is 422 g/mol. The van der Waals surface area contributed by atoms with E-state index >= 15 is 0 Å². The van der Waals surface area contributed by atoms with Crippen molar-refractivity contribution in [3.63, 3.8) is 0 Å². The van der Waals surface area contributed by atoms with Crippen molar-refractivity contribution in [2.24, 2.45) is 0 Å². The van der Waals surface area contributed by atoms with Crippen LogP contribution in [0.2, 0.25) is 0 Å². The lowest BCUT2D eigenvalue weighted by atomic mass is 10.1. The van der Waals surface area contributed by atoms with Gasteiger partial charge in [-0.25, -0.2) is 0 Å². The fraction of sp³-hybridized carbons (Fsp3) is 0.333. The molecule has 2 aromatic rings. The maximum absolute atomic E-state index is 12.3. The van der Waals surface area contributed by atoms with E-state index in [4.69, 9.17) is 4.74 Å². The highest BCUT2D eigenvalue weighted by Crippen LogP contribution is 2.22. The number of esters is 1. The summed E-state index contributed by atoms with van der Waals surface area (Å²) in [6, 6.07) is 14.7. The maximum atomic E-state index is 12.3. The summed E-state index contributed by atoms with van der Waals surface area (Å²) in [5.74, 6) is -1.53. The number of fused-ring (bicyclic) bond motifs is 1. The van der Waals surface area contributed by atoms with Gasteiger partial charge < -0.3 is 9.64 Å². The molecule has 7 heteroatoms. The lowest BCUT2D eigenvalue weighted by Crippen LogP contribution is -2.32. The number of ether oxygens (including phenoxy) is 1. The van der Waals surface area contributed by atoms with E-state index in [9.17, 15) is 19.2 Å². The number of amides is 3. The zero-order chi connectivity index (χ0) is 22.4. The summed E-state index contributed by atoms with van der Waals surface area (Å²) >= 11 is 0. The molecule has 7 nitrogen and oxygen atoms in total. The Morgan fingerprint density at radius 3 is 2.10 bits per heavy atom. The number of imide groups is 1. The third kappa shape index (κ3) is 5.36. The topological polar surface area (TPSA) is 84.0 Å². The number of likely N-dealkylation sites (N-methyl/N-ethyl adjacent to an activating group) is 1. The highest BCUT2D eigenvalue weighted by molar-refractivity contribution is 6.21. The summed E-state index contributed by atoms with van der Waals surface area (Å²) in [4.78, 5) is 51.4. The van der Waals surface area contributed by atoms with Crippen LogP contribution in [0.5, 0.6) is 0 Å². The molecule has 0 saturated heterocycles. The summed E-state index contributed by atoms with van der Waals surface area (Å²) in [7, 11) is 1.66. The third-order valence-electron chi connectivity index (χ3n) is 5.27. The van der Waals surface area contributed by atoms with Gasteiger partial charge in [0.1, 0.15) is 0 Å². The second-order valence-electron chi connectivity index (χ2n) is 7.49. The van der Waals surface area contributed by atoms with Crippen LogP contribution in [-0.2, 0) is 27.3 Å². The molecule has 0 aromatic heterocycles. The van der Waals surface area contributed by atoms with Gasteiger partial charge in [0.05, 0.1) is 11.1 Å². The fourth-order valence-electron chi connectivity index (χ4n) is 3.39. The average Bonchev–Trinajstić information content (AvgIpc) is 3.03. The largest absolute Gasteiger partial charge is 0.456 e. The minimum absolute atomic E-state index is 0.0167. The molecule has 0 aliphatic carbocycles. The summed E-state index contributed by atoms with van der Waals surface area (Å²) in [6.07, 6.45) is 1.25. The number of hydrogen-bond donors (Lipinski definition) is 0. The first kappa shape index (κ1) is 22.2. The highest BCUT2D eigenvalue weighted by atomic mass is 16.5. The van der Waals surface area contributed by atoms with E-state index in [1.165, 1.54) is 10.5 Å². The first-order valence-corrected chi connectivity index (χ1v) is 10.3. The highest BCUT2D eigenvalue weighted by Gasteiger charge is 2.34. The Hall–Kier alpha value is -3.48. The molecule has 0 saturated carbocycles. The van der Waals surface area contributed by atoms with Crippen LogP contribution in [0, 0.1) is 0 Å². The van der Waals surface area contributed by atoms with Crippen LogP contribution in [0.3, 0.4) is 0 Å². The summed E-state index contributed by atoms with van der Waals surface area (Å²) < 4.78 is 5.06. The number of rotatable bonds is 9. The zero-order valence-electron chi connectivity index (χ0n) is 17.8. The van der Waals surface area contributed by atoms with Crippen LogP contribution in [0.1, 0.15) is 51.6 Å². The van der Waals surface area contributed by atoms with E-state index < -0.39 is 5.97 Å². The lowest BCUT2D eigenvalue weighted by molar-refractivity contribution is -0.151. The van der Waals surface area contributed by atoms with Gasteiger partial charge in [-0.2, -0.15) is 0 Å². The second-order valence-corrected chi connectivity index (χ2v) is 7.49. The van der Waals surface area contributed by atoms with E-state index in [1.807, 2.05) is 24.3 Å². The molecule has 31 heavy (non-hydrogen) atoms. The summed E-state index contributed by atoms with van der Waals surface area (Å²) in [6.45, 7) is 2.30. The van der Waals surface area contributed by atoms with E-state index in [0.717, 1.165) is 16.9 Å². The standard InChI is InChI=1S/C24H26N2O5/c1-3-17-10-12-18(13-11-17)15-25(2)21(27)16-31-22(28)9-6-14-26-23(29)19-7-4-5-8-20(19)24(26)30/h4-5,7-8,10-13H,3,6,9,14-16H2,1-2H3. The van der Waals surface area contributed by atoms with E-state index in [0.29, 0.717) is 17.7 Å². The molecule has 0 N–H and O–H groups in total. The molecule has 0 fully saturated rings. The number of hydrogen-bond acceptors (Lipinski definition) is 5. The van der Waals surface area contributed by atoms with Gasteiger partial charge in [0.25, 0.3) is 17.7 Å². The zero-order valence-corrected chi connectivity index (χ0v) is 17.8. The van der Waals surface area contributed by atoms with Crippen LogP contribution in [0.4, 0.5) is 0 Å². The maximum Gasteiger partial charge on any atom is 0.306 e. The molecule has 1 aliphatic heterocycles. The molecule has 2 aromatic carbocycles. The minimum atomic E-state index is -0.536. The molecule has 0 atom stereocenters. The molecular weight excluding hydrogens is 396 g/mol. The van der Waals surface area contributed by atoms with Crippen LogP contribution in [-0.4, -0.2) is 53.7 Å². The lowest BCUT2D eigenvalue weighted by Gasteiger charge is -2.17. The normalized spacial score (nSPS) is 12.6. The van der Waals surface area contributed by atoms with Crippen molar-refractivity contribution < 1.29 is 23.9 Å². The Morgan fingerprint density at radius 1 is 0.935 bits per heavy atom. The molecule has 162 valence electrons. The van der Waals surface area contributed by atoms with Gasteiger partial charge in [0.2, 0.25) is 0 Å². The molecule has 0 spiro atoms. The van der Waals surface area contributed by atoms with Gasteiger partial charge >= 0.3 is 5.97 Å². The van der Waals surface area contributed by atoms with Gasteiger partial charge in [0.15, 0.2) is 6.61 Å². The molecule has 3 rings (SSSR count). The molecule has 0 radical (unpaired) electrons. The van der Waals surface area contributed by atoms with E-state index in [2.05, 4.69) is 6.92 Å². The fourth-order valence-corrected chi connectivity index (χ4v) is 3.39. The number of carbonyl (C=O) groups excluding carboxylic acids is 4. The van der Waals surface area contributed by atoms with Crippen molar-refractivity contribution in [2.45, 2.75) is 32.7 Å². The number of nitrogens with zero attached hydrogens (tertiary/aromatic N) is 2. The molecular formula is C24H26N2O5. The minimum Gasteiger partial charge on any atom is -0.456 e. The molecule has 1 aliphatic rings. The van der Waals surface area contributed by atoms with Crippen molar-refractivity contribution >= 4 is 23.7 Å². The predicted octanol–water partition coefficient (Wildman–Crippen LogP) is 2.83. The quantitative estimate of drug-likeness (QED) is 0.458. The van der Waals surface area contributed by atoms with Crippen molar-refractivity contribution in [2.75, 3.05) is 20.2 Å². The Kier molecular flexibility index (Phi) is 7.18. The van der Waals surface area contributed by atoms with E-state index in [1.54, 1.807) is 31.3 Å². The Bertz CT molecular complexity index is 949. The third-order valence-corrected chi connectivity index (χ3v) is 5.27. The summed E-state index contributed by atoms with van der Waals surface area (Å²) in [5.41, 5.74) is 2.99. The Balaban J connectivity index is 1.38. The predicted molar refractivity (Wildman–Crippen MR) is 114 cm³/mol. The molecule has 0 bridgehead atoms. The van der Waals surface area contributed by atoms with Crippen LogP contribution < -0.4 is 0 Å². The van der Waals surface area contributed by atoms with Crippen LogP contribution in [0.15, 0.2) is 48.5 Å². The number of carbonyl (C=O) groups is 4. The Morgan fingerprint density at radius 2 is 1.52 bits per heavy atom. The molecule has 0 unspecified atom stereocenters. The van der Waals surface area contributed by atoms with Crippen molar-refractivity contribution in [1.82, 2.24) is 9.80 Å². The molecule has 1 heterocycles. The van der Waals surface area contributed by atoms with Gasteiger partial charge in [-0.1, -0.05) is 43.3 Å². The van der Waals surface area contributed by atoms with Crippen LogP contribution >= 0.6 is 0 Å².